The van der Waals surface area contributed by atoms with Crippen molar-refractivity contribution < 1.29 is 14.3 Å². The smallest absolute Gasteiger partial charge is 0.252 e. The summed E-state index contributed by atoms with van der Waals surface area (Å²) in [7, 11) is 0. The molecular formula is C26H41N3O3. The fourth-order valence-electron chi connectivity index (χ4n) is 5.11. The van der Waals surface area contributed by atoms with E-state index in [1.165, 1.54) is 0 Å². The quantitative estimate of drug-likeness (QED) is 0.701. The van der Waals surface area contributed by atoms with Crippen LogP contribution in [0.4, 0.5) is 0 Å². The van der Waals surface area contributed by atoms with Gasteiger partial charge in [0.25, 0.3) is 5.91 Å². The fourth-order valence-corrected chi connectivity index (χ4v) is 5.11. The van der Waals surface area contributed by atoms with Crippen molar-refractivity contribution in [3.63, 3.8) is 0 Å². The minimum absolute atomic E-state index is 0.0627. The first kappa shape index (κ1) is 24.7. The molecule has 0 bridgehead atoms. The Morgan fingerprint density at radius 1 is 1.09 bits per heavy atom. The molecule has 2 aliphatic heterocycles. The minimum Gasteiger partial charge on any atom is -0.373 e. The van der Waals surface area contributed by atoms with E-state index in [1.54, 1.807) is 0 Å². The van der Waals surface area contributed by atoms with E-state index in [1.807, 2.05) is 36.1 Å². The zero-order valence-corrected chi connectivity index (χ0v) is 20.5. The van der Waals surface area contributed by atoms with Crippen LogP contribution in [0, 0.1) is 18.8 Å². The summed E-state index contributed by atoms with van der Waals surface area (Å²) in [4.78, 5) is 30.7. The van der Waals surface area contributed by atoms with E-state index in [0.717, 1.165) is 51.1 Å². The number of piperidine rings is 1. The maximum absolute atomic E-state index is 13.4. The van der Waals surface area contributed by atoms with Gasteiger partial charge >= 0.3 is 0 Å². The van der Waals surface area contributed by atoms with Gasteiger partial charge in [-0.25, -0.2) is 0 Å². The van der Waals surface area contributed by atoms with Gasteiger partial charge in [0.05, 0.1) is 12.2 Å². The van der Waals surface area contributed by atoms with Crippen LogP contribution in [-0.2, 0) is 9.53 Å². The third-order valence-corrected chi connectivity index (χ3v) is 6.64. The summed E-state index contributed by atoms with van der Waals surface area (Å²) in [6.07, 6.45) is 3.26. The van der Waals surface area contributed by atoms with Gasteiger partial charge in [-0.15, -0.1) is 0 Å². The van der Waals surface area contributed by atoms with Gasteiger partial charge in [-0.2, -0.15) is 0 Å². The fraction of sp³-hybridized carbons (Fsp3) is 0.692. The van der Waals surface area contributed by atoms with Gasteiger partial charge in [-0.3, -0.25) is 14.5 Å². The molecule has 2 amide bonds. The Kier molecular flexibility index (Phi) is 8.72. The summed E-state index contributed by atoms with van der Waals surface area (Å²) in [5, 5.41) is 3.04. The number of benzene rings is 1. The van der Waals surface area contributed by atoms with Gasteiger partial charge in [0.15, 0.2) is 0 Å². The molecule has 0 aromatic heterocycles. The van der Waals surface area contributed by atoms with Crippen molar-refractivity contribution in [2.75, 3.05) is 32.7 Å². The highest BCUT2D eigenvalue weighted by Crippen LogP contribution is 2.22. The van der Waals surface area contributed by atoms with Crippen LogP contribution in [0.3, 0.4) is 0 Å². The van der Waals surface area contributed by atoms with Crippen LogP contribution >= 0.6 is 0 Å². The first-order valence-corrected chi connectivity index (χ1v) is 12.3. The molecule has 3 rings (SSSR count). The van der Waals surface area contributed by atoms with E-state index in [2.05, 4.69) is 37.9 Å². The van der Waals surface area contributed by atoms with Gasteiger partial charge in [-0.1, -0.05) is 32.0 Å². The summed E-state index contributed by atoms with van der Waals surface area (Å²) in [5.41, 5.74) is 1.56. The Labute approximate surface area is 193 Å². The Morgan fingerprint density at radius 2 is 1.72 bits per heavy atom. The van der Waals surface area contributed by atoms with Crippen LogP contribution < -0.4 is 5.32 Å². The molecule has 2 saturated heterocycles. The van der Waals surface area contributed by atoms with Crippen LogP contribution in [0.2, 0.25) is 0 Å². The topological polar surface area (TPSA) is 61.9 Å². The van der Waals surface area contributed by atoms with E-state index < -0.39 is 6.04 Å². The molecule has 1 aromatic rings. The van der Waals surface area contributed by atoms with Crippen molar-refractivity contribution in [1.29, 1.82) is 0 Å². The first-order chi connectivity index (χ1) is 15.2. The maximum atomic E-state index is 13.4. The van der Waals surface area contributed by atoms with Crippen LogP contribution in [0.1, 0.15) is 62.9 Å². The third-order valence-electron chi connectivity index (χ3n) is 6.64. The lowest BCUT2D eigenvalue weighted by Gasteiger charge is -2.40. The Morgan fingerprint density at radius 3 is 2.31 bits per heavy atom. The number of rotatable bonds is 7. The monoisotopic (exact) mass is 443 g/mol. The van der Waals surface area contributed by atoms with Crippen LogP contribution in [0.25, 0.3) is 0 Å². The Hall–Kier alpha value is -1.92. The molecule has 3 unspecified atom stereocenters. The molecule has 0 saturated carbocycles. The summed E-state index contributed by atoms with van der Waals surface area (Å²) < 4.78 is 5.85. The van der Waals surface area contributed by atoms with Crippen molar-refractivity contribution in [3.8, 4) is 0 Å². The number of morpholine rings is 1. The Balaban J connectivity index is 1.55. The maximum Gasteiger partial charge on any atom is 0.252 e. The standard InChI is InChI=1S/C26H41N3O3/c1-18(2)14-24(27-25(30)23-9-7-6-8-19(23)3)26(31)29-12-10-22(11-13-29)17-28-15-20(4)32-21(5)16-28/h6-9,18,20-22,24H,10-17H2,1-5H3,(H,27,30). The van der Waals surface area contributed by atoms with Crippen LogP contribution in [0.5, 0.6) is 0 Å². The number of nitrogens with one attached hydrogen (secondary N) is 1. The number of amides is 2. The number of nitrogens with zero attached hydrogens (tertiary/aromatic N) is 2. The molecule has 1 N–H and O–H groups in total. The highest BCUT2D eigenvalue weighted by molar-refractivity contribution is 5.98. The van der Waals surface area contributed by atoms with Gasteiger partial charge in [0, 0.05) is 38.3 Å². The third kappa shape index (κ3) is 6.79. The van der Waals surface area contributed by atoms with Crippen molar-refractivity contribution >= 4 is 11.8 Å². The van der Waals surface area contributed by atoms with Crippen LogP contribution in [0.15, 0.2) is 24.3 Å². The lowest BCUT2D eigenvalue weighted by Crippen LogP contribution is -2.52. The molecule has 2 aliphatic rings. The highest BCUT2D eigenvalue weighted by Gasteiger charge is 2.32. The second kappa shape index (κ2) is 11.3. The van der Waals surface area contributed by atoms with Gasteiger partial charge < -0.3 is 15.0 Å². The van der Waals surface area contributed by atoms with Crippen molar-refractivity contribution in [3.05, 3.63) is 35.4 Å². The molecule has 0 radical (unpaired) electrons. The first-order valence-electron chi connectivity index (χ1n) is 12.3. The molecule has 1 aromatic carbocycles. The number of likely N-dealkylation sites (tertiary alicyclic amines) is 1. The molecule has 0 aliphatic carbocycles. The lowest BCUT2D eigenvalue weighted by molar-refractivity contribution is -0.135. The summed E-state index contributed by atoms with van der Waals surface area (Å²) in [6.45, 7) is 15.0. The molecule has 32 heavy (non-hydrogen) atoms. The van der Waals surface area contributed by atoms with E-state index >= 15 is 0 Å². The molecule has 2 fully saturated rings. The van der Waals surface area contributed by atoms with E-state index in [0.29, 0.717) is 23.8 Å². The summed E-state index contributed by atoms with van der Waals surface area (Å²) in [6, 6.07) is 7.06. The highest BCUT2D eigenvalue weighted by atomic mass is 16.5. The van der Waals surface area contributed by atoms with Gasteiger partial charge in [0.1, 0.15) is 6.04 Å². The Bertz CT molecular complexity index is 763. The molecule has 0 spiro atoms. The molecule has 6 heteroatoms. The van der Waals surface area contributed by atoms with E-state index in [9.17, 15) is 9.59 Å². The summed E-state index contributed by atoms with van der Waals surface area (Å²) >= 11 is 0. The zero-order valence-electron chi connectivity index (χ0n) is 20.5. The minimum atomic E-state index is -0.473. The second-order valence-electron chi connectivity index (χ2n) is 10.2. The average molecular weight is 444 g/mol. The molecule has 3 atom stereocenters. The number of carbonyl (C=O) groups excluding carboxylic acids is 2. The molecular weight excluding hydrogens is 402 g/mol. The summed E-state index contributed by atoms with van der Waals surface area (Å²) in [5.74, 6) is 0.839. The lowest BCUT2D eigenvalue weighted by atomic mass is 9.94. The number of hydrogen-bond donors (Lipinski definition) is 1. The van der Waals surface area contributed by atoms with Crippen molar-refractivity contribution in [2.45, 2.75) is 72.1 Å². The molecule has 2 heterocycles. The van der Waals surface area contributed by atoms with Crippen molar-refractivity contribution in [1.82, 2.24) is 15.1 Å². The number of ether oxygens (including phenoxy) is 1. The SMILES string of the molecule is Cc1ccccc1C(=O)NC(CC(C)C)C(=O)N1CCC(CN2CC(C)OC(C)C2)CC1. The largest absolute Gasteiger partial charge is 0.373 e. The van der Waals surface area contributed by atoms with Crippen LogP contribution in [-0.4, -0.2) is 72.6 Å². The van der Waals surface area contributed by atoms with Crippen molar-refractivity contribution in [2.24, 2.45) is 11.8 Å². The zero-order chi connectivity index (χ0) is 23.3. The predicted octanol–water partition coefficient (Wildman–Crippen LogP) is 3.49. The number of carbonyl (C=O) groups is 2. The van der Waals surface area contributed by atoms with E-state index in [4.69, 9.17) is 4.74 Å². The molecule has 178 valence electrons. The van der Waals surface area contributed by atoms with E-state index in [-0.39, 0.29) is 24.0 Å². The van der Waals surface area contributed by atoms with Gasteiger partial charge in [-0.05, 0) is 63.5 Å². The number of aryl methyl sites for hydroxylation is 1. The second-order valence-corrected chi connectivity index (χ2v) is 10.2. The molecule has 6 nitrogen and oxygen atoms in total. The normalized spacial score (nSPS) is 23.9. The number of hydrogen-bond acceptors (Lipinski definition) is 4. The predicted molar refractivity (Wildman–Crippen MR) is 128 cm³/mol. The van der Waals surface area contributed by atoms with Gasteiger partial charge in [0.2, 0.25) is 5.91 Å². The average Bonchev–Trinajstić information content (AvgIpc) is 2.72.